The molecule has 3 amide bonds. The Kier molecular flexibility index (Phi) is 7.17. The predicted molar refractivity (Wildman–Crippen MR) is 96.4 cm³/mol. The van der Waals surface area contributed by atoms with Gasteiger partial charge in [0.1, 0.15) is 24.5 Å². The van der Waals surface area contributed by atoms with Gasteiger partial charge in [-0.2, -0.15) is 0 Å². The van der Waals surface area contributed by atoms with Crippen molar-refractivity contribution in [3.05, 3.63) is 0 Å². The van der Waals surface area contributed by atoms with Crippen molar-refractivity contribution < 1.29 is 23.9 Å². The lowest BCUT2D eigenvalue weighted by atomic mass is 9.85. The molecule has 1 fully saturated rings. The topological polar surface area (TPSA) is 105 Å². The number of hydrogen-bond donors (Lipinski definition) is 2. The minimum Gasteiger partial charge on any atom is -0.459 e. The summed E-state index contributed by atoms with van der Waals surface area (Å²) in [6.07, 6.45) is 2.17. The molecule has 0 bridgehead atoms. The summed E-state index contributed by atoms with van der Waals surface area (Å²) in [5.74, 6) is -0.855. The summed E-state index contributed by atoms with van der Waals surface area (Å²) in [6, 6.07) is -1.90. The maximum atomic E-state index is 12.9. The highest BCUT2D eigenvalue weighted by molar-refractivity contribution is 5.90. The van der Waals surface area contributed by atoms with Crippen LogP contribution in [0, 0.1) is 5.41 Å². The van der Waals surface area contributed by atoms with E-state index in [1.165, 1.54) is 4.90 Å². The number of hydrogen-bond acceptors (Lipinski definition) is 5. The van der Waals surface area contributed by atoms with Gasteiger partial charge in [-0.3, -0.25) is 9.59 Å². The van der Waals surface area contributed by atoms with Crippen molar-refractivity contribution >= 4 is 24.2 Å². The average Bonchev–Trinajstić information content (AvgIpc) is 2.95. The van der Waals surface area contributed by atoms with Crippen LogP contribution in [0.2, 0.25) is 0 Å². The zero-order valence-corrected chi connectivity index (χ0v) is 16.5. The molecule has 8 nitrogen and oxygen atoms in total. The number of carbonyl (C=O) groups excluding carboxylic acids is 4. The van der Waals surface area contributed by atoms with E-state index < -0.39 is 35.1 Å². The second kappa shape index (κ2) is 8.51. The maximum absolute atomic E-state index is 12.9. The van der Waals surface area contributed by atoms with E-state index in [-0.39, 0.29) is 12.5 Å². The molecular weight excluding hydrogens is 338 g/mol. The molecule has 0 radical (unpaired) electrons. The first kappa shape index (κ1) is 21.9. The largest absolute Gasteiger partial charge is 0.459 e. The Morgan fingerprint density at radius 3 is 2.31 bits per heavy atom. The van der Waals surface area contributed by atoms with Crippen LogP contribution < -0.4 is 10.6 Å². The van der Waals surface area contributed by atoms with E-state index in [2.05, 4.69) is 10.6 Å². The van der Waals surface area contributed by atoms with Gasteiger partial charge in [0.15, 0.2) is 0 Å². The Bertz CT molecular complexity index is 548. The number of aldehydes is 1. The van der Waals surface area contributed by atoms with Crippen LogP contribution >= 0.6 is 0 Å². The Morgan fingerprint density at radius 2 is 1.81 bits per heavy atom. The maximum Gasteiger partial charge on any atom is 0.325 e. The molecule has 1 aliphatic rings. The van der Waals surface area contributed by atoms with Gasteiger partial charge >= 0.3 is 12.0 Å². The van der Waals surface area contributed by atoms with E-state index in [1.54, 1.807) is 20.8 Å². The van der Waals surface area contributed by atoms with Gasteiger partial charge in [0.05, 0.1) is 6.04 Å². The third-order valence-electron chi connectivity index (χ3n) is 3.94. The van der Waals surface area contributed by atoms with Crippen molar-refractivity contribution in [2.45, 2.75) is 72.1 Å². The Morgan fingerprint density at radius 1 is 1.19 bits per heavy atom. The number of urea groups is 1. The van der Waals surface area contributed by atoms with Gasteiger partial charge in [-0.15, -0.1) is 0 Å². The first-order valence-corrected chi connectivity index (χ1v) is 8.87. The van der Waals surface area contributed by atoms with Crippen LogP contribution in [0.3, 0.4) is 0 Å². The molecule has 1 saturated heterocycles. The molecule has 1 heterocycles. The van der Waals surface area contributed by atoms with Gasteiger partial charge in [-0.05, 0) is 39.0 Å². The fourth-order valence-corrected chi connectivity index (χ4v) is 2.73. The van der Waals surface area contributed by atoms with Crippen LogP contribution in [-0.4, -0.2) is 59.9 Å². The van der Waals surface area contributed by atoms with Gasteiger partial charge in [-0.1, -0.05) is 20.8 Å². The summed E-state index contributed by atoms with van der Waals surface area (Å²) < 4.78 is 5.12. The quantitative estimate of drug-likeness (QED) is 0.560. The number of amides is 3. The van der Waals surface area contributed by atoms with E-state index >= 15 is 0 Å². The van der Waals surface area contributed by atoms with E-state index in [4.69, 9.17) is 4.74 Å². The number of nitrogens with zero attached hydrogens (tertiary/aromatic N) is 1. The van der Waals surface area contributed by atoms with Crippen LogP contribution in [-0.2, 0) is 19.1 Å². The lowest BCUT2D eigenvalue weighted by molar-refractivity contribution is -0.153. The summed E-state index contributed by atoms with van der Waals surface area (Å²) >= 11 is 0. The lowest BCUT2D eigenvalue weighted by Crippen LogP contribution is -2.58. The molecule has 148 valence electrons. The molecule has 2 atom stereocenters. The smallest absolute Gasteiger partial charge is 0.325 e. The first-order chi connectivity index (χ1) is 11.8. The fourth-order valence-electron chi connectivity index (χ4n) is 2.73. The number of ether oxygens (including phenoxy) is 1. The Labute approximate surface area is 155 Å². The van der Waals surface area contributed by atoms with E-state index in [0.29, 0.717) is 13.0 Å². The highest BCUT2D eigenvalue weighted by Crippen LogP contribution is 2.25. The minimum absolute atomic E-state index is 0.292. The molecule has 0 aromatic heterocycles. The van der Waals surface area contributed by atoms with Crippen LogP contribution in [0.25, 0.3) is 0 Å². The van der Waals surface area contributed by atoms with Gasteiger partial charge in [0.2, 0.25) is 5.91 Å². The second-order valence-corrected chi connectivity index (χ2v) is 8.59. The summed E-state index contributed by atoms with van der Waals surface area (Å²) in [5, 5.41) is 5.04. The molecule has 0 aromatic rings. The number of likely N-dealkylation sites (tertiary alicyclic amines) is 1. The third kappa shape index (κ3) is 6.65. The van der Waals surface area contributed by atoms with Crippen LogP contribution in [0.1, 0.15) is 54.4 Å². The zero-order chi connectivity index (χ0) is 20.1. The molecule has 26 heavy (non-hydrogen) atoms. The van der Waals surface area contributed by atoms with Gasteiger partial charge in [-0.25, -0.2) is 4.79 Å². The predicted octanol–water partition coefficient (Wildman–Crippen LogP) is 1.23. The third-order valence-corrected chi connectivity index (χ3v) is 3.94. The molecule has 2 N–H and O–H groups in total. The summed E-state index contributed by atoms with van der Waals surface area (Å²) in [4.78, 5) is 49.4. The summed E-state index contributed by atoms with van der Waals surface area (Å²) in [7, 11) is 0. The Balaban J connectivity index is 2.70. The molecule has 0 aliphatic carbocycles. The molecular formula is C18H31N3O5. The van der Waals surface area contributed by atoms with Crippen molar-refractivity contribution in [3.63, 3.8) is 0 Å². The summed E-state index contributed by atoms with van der Waals surface area (Å²) in [6.45, 7) is 10.9. The molecule has 1 rings (SSSR count). The molecule has 0 saturated carbocycles. The molecule has 8 heteroatoms. The van der Waals surface area contributed by atoms with Crippen LogP contribution in [0.5, 0.6) is 0 Å². The molecule has 0 aromatic carbocycles. The van der Waals surface area contributed by atoms with Crippen molar-refractivity contribution in [2.24, 2.45) is 5.41 Å². The van der Waals surface area contributed by atoms with Crippen molar-refractivity contribution in [2.75, 3.05) is 13.1 Å². The molecule has 0 spiro atoms. The number of rotatable bonds is 5. The fraction of sp³-hybridized carbons (Fsp3) is 0.778. The average molecular weight is 369 g/mol. The number of carbonyl (C=O) groups is 4. The van der Waals surface area contributed by atoms with E-state index in [1.807, 2.05) is 20.8 Å². The van der Waals surface area contributed by atoms with Crippen molar-refractivity contribution in [1.29, 1.82) is 0 Å². The Hall–Kier alpha value is -2.12. The van der Waals surface area contributed by atoms with Crippen LogP contribution in [0.15, 0.2) is 0 Å². The van der Waals surface area contributed by atoms with Crippen molar-refractivity contribution in [3.8, 4) is 0 Å². The monoisotopic (exact) mass is 369 g/mol. The first-order valence-electron chi connectivity index (χ1n) is 8.87. The lowest BCUT2D eigenvalue weighted by Gasteiger charge is -2.34. The van der Waals surface area contributed by atoms with E-state index in [9.17, 15) is 19.2 Å². The number of esters is 1. The standard InChI is InChI=1S/C18H31N3O5/c1-17(2,3)14(15(24)21-9-7-8-12(21)11-22)20-16(25)19-10-13(23)26-18(4,5)6/h11-12,14H,7-10H2,1-6H3,(H2,19,20,25)/t12-,14?/m0/s1. The normalized spacial score (nSPS) is 18.8. The van der Waals surface area contributed by atoms with Crippen molar-refractivity contribution in [1.82, 2.24) is 15.5 Å². The second-order valence-electron chi connectivity index (χ2n) is 8.59. The number of nitrogens with one attached hydrogen (secondary N) is 2. The molecule has 1 unspecified atom stereocenters. The van der Waals surface area contributed by atoms with Gasteiger partial charge < -0.3 is 25.1 Å². The highest BCUT2D eigenvalue weighted by atomic mass is 16.6. The van der Waals surface area contributed by atoms with Crippen LogP contribution in [0.4, 0.5) is 4.79 Å². The SMILES string of the molecule is CC(C)(C)OC(=O)CNC(=O)NC(C(=O)N1CCC[C@H]1C=O)C(C)(C)C. The minimum atomic E-state index is -0.818. The highest BCUT2D eigenvalue weighted by Gasteiger charge is 2.39. The van der Waals surface area contributed by atoms with E-state index in [0.717, 1.165) is 12.7 Å². The zero-order valence-electron chi connectivity index (χ0n) is 16.5. The summed E-state index contributed by atoms with van der Waals surface area (Å²) in [5.41, 5.74) is -1.20. The molecule has 1 aliphatic heterocycles. The van der Waals surface area contributed by atoms with Gasteiger partial charge in [0.25, 0.3) is 0 Å². The van der Waals surface area contributed by atoms with Gasteiger partial charge in [0, 0.05) is 6.54 Å².